The summed E-state index contributed by atoms with van der Waals surface area (Å²) in [6.07, 6.45) is -1.33. The lowest BCUT2D eigenvalue weighted by Crippen LogP contribution is -2.17. The van der Waals surface area contributed by atoms with Gasteiger partial charge >= 0.3 is 30.6 Å². The standard InChI is InChI=1S/C25H31FO4.C25H32O5.C24H30O7.C23H26F6O5/c1-6-25(4,5)21-9-11-23(12-10-21)29-13-14-30-24-19(17-27-7-2)15-22(26)16-20(24)18-28-8-3;1-6-18(3)20-8-10-21(11-9-20)25(26)30-13-12-29-24-22(16-27-4)14-19(7-2)15-23(24)17-28-5;1-5-16(2)19-6-8-23(9-7-19)28-10-11-29-24-20(14-30-17(3)25)12-22(27)13-21(24)15-31-18(4)26;1-4-15(2)16-5-7-19(8-6-16)31-9-10-32-21-17(13-33-22(24,25)26)11-20(30-3)12-18(21)14-34-23(27,28)29/h7-12,15-16H,2-3,6,13-14,17-18H2,1,4-5H3;7-11,14-15,18H,2,6,12-13,16-17H2,1,3-5H3;6-9,12-13,16,27H,5,10-11,14-15H2,1-4H3;5-8,11-12,15H,4,9-10,13-14H2,1-3H3. The van der Waals surface area contributed by atoms with Crippen LogP contribution >= 0.6 is 0 Å². The van der Waals surface area contributed by atoms with Crippen LogP contribution in [-0.2, 0) is 110 Å². The van der Waals surface area contributed by atoms with E-state index in [1.807, 2.05) is 72.8 Å². The fourth-order valence-corrected chi connectivity index (χ4v) is 12.0. The van der Waals surface area contributed by atoms with E-state index in [-0.39, 0.29) is 118 Å². The molecule has 8 aromatic carbocycles. The van der Waals surface area contributed by atoms with Gasteiger partial charge in [0.1, 0.15) is 137 Å². The highest BCUT2D eigenvalue weighted by Gasteiger charge is 2.33. The van der Waals surface area contributed by atoms with Crippen LogP contribution in [0.1, 0.15) is 202 Å². The predicted octanol–water partition coefficient (Wildman–Crippen LogP) is 22.9. The number of carbonyl (C=O) groups is 3. The van der Waals surface area contributed by atoms with Gasteiger partial charge in [0.25, 0.3) is 0 Å². The molecule has 0 aliphatic rings. The molecule has 0 aliphatic heterocycles. The number of esters is 3. The zero-order valence-electron chi connectivity index (χ0n) is 73.8. The first-order chi connectivity index (χ1) is 59.6. The van der Waals surface area contributed by atoms with Gasteiger partial charge in [0.15, 0.2) is 0 Å². The average molecular weight is 1750 g/mol. The first kappa shape index (κ1) is 104. The second kappa shape index (κ2) is 54.3. The quantitative estimate of drug-likeness (QED) is 0.0123. The van der Waals surface area contributed by atoms with Gasteiger partial charge in [-0.2, -0.15) is 0 Å². The highest BCUT2D eigenvalue weighted by Crippen LogP contribution is 2.38. The summed E-state index contributed by atoms with van der Waals surface area (Å²) in [7, 11) is 4.49. The minimum absolute atomic E-state index is 0.00611. The van der Waals surface area contributed by atoms with Gasteiger partial charge in [0.2, 0.25) is 0 Å². The summed E-state index contributed by atoms with van der Waals surface area (Å²) in [5.74, 6) is 3.10. The van der Waals surface area contributed by atoms with Crippen LogP contribution in [0.3, 0.4) is 0 Å². The van der Waals surface area contributed by atoms with E-state index in [1.165, 1.54) is 86.6 Å². The van der Waals surface area contributed by atoms with Crippen molar-refractivity contribution >= 4 is 24.0 Å². The molecule has 0 heterocycles. The molecule has 21 nitrogen and oxygen atoms in total. The molecule has 0 spiro atoms. The van der Waals surface area contributed by atoms with Crippen molar-refractivity contribution in [2.75, 3.05) is 74.2 Å². The third kappa shape index (κ3) is 37.5. The van der Waals surface area contributed by atoms with E-state index in [2.05, 4.69) is 116 Å². The van der Waals surface area contributed by atoms with Gasteiger partial charge in [-0.3, -0.25) is 19.1 Å². The molecule has 0 aromatic heterocycles. The fourth-order valence-electron chi connectivity index (χ4n) is 12.0. The van der Waals surface area contributed by atoms with E-state index in [0.29, 0.717) is 88.4 Å². The second-order valence-corrected chi connectivity index (χ2v) is 29.2. The van der Waals surface area contributed by atoms with Gasteiger partial charge < -0.3 is 76.2 Å². The maximum Gasteiger partial charge on any atom is 0.522 e. The molecule has 8 rings (SSSR count). The Balaban J connectivity index is 0.000000296. The summed E-state index contributed by atoms with van der Waals surface area (Å²) in [5.41, 5.74) is 10.1. The Bertz CT molecular complexity index is 4450. The summed E-state index contributed by atoms with van der Waals surface area (Å²) in [5, 5.41) is 9.99. The van der Waals surface area contributed by atoms with Crippen LogP contribution in [0.4, 0.5) is 30.7 Å². The summed E-state index contributed by atoms with van der Waals surface area (Å²) in [6, 6.07) is 43.1. The number of ether oxygens (including phenoxy) is 17. The van der Waals surface area contributed by atoms with Crippen LogP contribution in [0.25, 0.3) is 6.08 Å². The number of carbonyl (C=O) groups excluding carboxylic acids is 3. The topological polar surface area (TPSA) is 228 Å². The molecule has 1 N–H and O–H groups in total. The van der Waals surface area contributed by atoms with Gasteiger partial charge in [0, 0.05) is 72.6 Å². The number of halogens is 7. The Morgan fingerprint density at radius 2 is 0.736 bits per heavy atom. The average Bonchev–Trinajstić information content (AvgIpc) is 0.830. The van der Waals surface area contributed by atoms with Gasteiger partial charge in [0.05, 0.1) is 51.6 Å². The van der Waals surface area contributed by atoms with Gasteiger partial charge in [-0.15, -0.1) is 26.3 Å². The third-order valence-corrected chi connectivity index (χ3v) is 19.7. The number of rotatable bonds is 48. The zero-order chi connectivity index (χ0) is 92.1. The Morgan fingerprint density at radius 1 is 0.408 bits per heavy atom. The van der Waals surface area contributed by atoms with Crippen molar-refractivity contribution in [1.29, 1.82) is 0 Å². The Labute approximate surface area is 729 Å². The van der Waals surface area contributed by atoms with Crippen molar-refractivity contribution in [2.24, 2.45) is 0 Å². The van der Waals surface area contributed by atoms with Gasteiger partial charge in [-0.1, -0.05) is 137 Å². The normalized spacial score (nSPS) is 11.8. The first-order valence-electron chi connectivity index (χ1n) is 40.9. The van der Waals surface area contributed by atoms with Crippen LogP contribution in [0, 0.1) is 5.82 Å². The molecule has 0 aliphatic carbocycles. The van der Waals surface area contributed by atoms with Crippen molar-refractivity contribution in [3.8, 4) is 51.7 Å². The van der Waals surface area contributed by atoms with Crippen LogP contribution < -0.4 is 37.9 Å². The van der Waals surface area contributed by atoms with E-state index in [1.54, 1.807) is 32.4 Å². The summed E-state index contributed by atoms with van der Waals surface area (Å²) < 4.78 is 179. The summed E-state index contributed by atoms with van der Waals surface area (Å²) >= 11 is 0. The van der Waals surface area contributed by atoms with E-state index in [9.17, 15) is 50.2 Å². The van der Waals surface area contributed by atoms with Crippen molar-refractivity contribution < 1.29 is 131 Å². The Morgan fingerprint density at radius 3 is 1.06 bits per heavy atom. The molecule has 682 valence electrons. The molecule has 0 bridgehead atoms. The maximum atomic E-state index is 14.0. The number of phenolic OH excluding ortho intramolecular Hbond substituents is 1. The molecule has 3 atom stereocenters. The molecule has 3 unspecified atom stereocenters. The lowest BCUT2D eigenvalue weighted by atomic mass is 9.82. The second-order valence-electron chi connectivity index (χ2n) is 29.2. The lowest BCUT2D eigenvalue weighted by molar-refractivity contribution is -0.330. The number of methoxy groups -OCH3 is 3. The maximum absolute atomic E-state index is 14.0. The molecule has 0 saturated carbocycles. The smallest absolute Gasteiger partial charge is 0.508 e. The minimum Gasteiger partial charge on any atom is -0.508 e. The molecule has 28 heteroatoms. The van der Waals surface area contributed by atoms with Gasteiger partial charge in [-0.25, -0.2) is 9.18 Å². The van der Waals surface area contributed by atoms with Crippen LogP contribution in [-0.4, -0.2) is 110 Å². The molecule has 0 radical (unpaired) electrons. The predicted molar refractivity (Wildman–Crippen MR) is 462 cm³/mol. The van der Waals surface area contributed by atoms with E-state index in [0.717, 1.165) is 59.4 Å². The Kier molecular flexibility index (Phi) is 45.2. The Hall–Kier alpha value is -11.5. The van der Waals surface area contributed by atoms with E-state index >= 15 is 0 Å². The third-order valence-electron chi connectivity index (χ3n) is 19.7. The summed E-state index contributed by atoms with van der Waals surface area (Å²) in [4.78, 5) is 34.7. The fraction of sp³-hybridized carbons (Fsp3) is 0.412. The van der Waals surface area contributed by atoms with Crippen LogP contribution in [0.2, 0.25) is 0 Å². The number of hydrogen-bond donors (Lipinski definition) is 1. The van der Waals surface area contributed by atoms with Crippen molar-refractivity contribution in [3.05, 3.63) is 262 Å². The monoisotopic (exact) mass is 1750 g/mol. The molecule has 0 amide bonds. The highest BCUT2D eigenvalue weighted by molar-refractivity contribution is 5.89. The van der Waals surface area contributed by atoms with E-state index < -0.39 is 37.9 Å². The van der Waals surface area contributed by atoms with Gasteiger partial charge in [-0.05, 0) is 174 Å². The van der Waals surface area contributed by atoms with Crippen LogP contribution in [0.15, 0.2) is 178 Å². The molecular formula is C97H119F7O21. The molecule has 0 saturated heterocycles. The zero-order valence-corrected chi connectivity index (χ0v) is 73.8. The molecular weight excluding hydrogens is 1630 g/mol. The van der Waals surface area contributed by atoms with Crippen molar-refractivity contribution in [2.45, 2.75) is 191 Å². The number of phenols is 1. The largest absolute Gasteiger partial charge is 0.522 e. The summed E-state index contributed by atoms with van der Waals surface area (Å²) in [6.45, 7) is 33.2. The minimum atomic E-state index is -4.95. The van der Waals surface area contributed by atoms with Crippen LogP contribution in [0.5, 0.6) is 51.7 Å². The van der Waals surface area contributed by atoms with E-state index in [4.69, 9.17) is 71.1 Å². The van der Waals surface area contributed by atoms with Crippen molar-refractivity contribution in [1.82, 2.24) is 0 Å². The number of alkyl halides is 6. The number of aromatic hydroxyl groups is 1. The molecule has 125 heavy (non-hydrogen) atoms. The molecule has 8 aromatic rings. The number of benzene rings is 8. The highest BCUT2D eigenvalue weighted by atomic mass is 19.4. The van der Waals surface area contributed by atoms with Crippen molar-refractivity contribution in [3.63, 3.8) is 0 Å². The SMILES string of the molecule is C=COCc1cc(F)cc(COC=C)c1OCCOc1ccc(C(C)(C)CC)cc1.C=Cc1cc(COC)c(OCCOC(=O)c2ccc(C(C)CC)cc2)c(COC)c1.CCC(C)c1ccc(OCCOc2c(COC(C)=O)cc(O)cc2COC(C)=O)cc1.CCC(C)c1ccc(OCCOc2c(COC(F)(F)F)cc(OC)cc2COC(F)(F)F)cc1. The number of hydrogen-bond acceptors (Lipinski definition) is 21. The molecule has 0 fully saturated rings. The lowest BCUT2D eigenvalue weighted by Gasteiger charge is -2.23. The first-order valence-corrected chi connectivity index (χ1v) is 40.9.